The molecule has 0 aromatic heterocycles. The van der Waals surface area contributed by atoms with Crippen LogP contribution in [-0.4, -0.2) is 11.1 Å². The van der Waals surface area contributed by atoms with E-state index in [0.29, 0.717) is 5.56 Å². The van der Waals surface area contributed by atoms with Crippen molar-refractivity contribution < 1.29 is 66.4 Å². The molecule has 1 atom stereocenters. The molecule has 1 aromatic rings. The molecule has 0 aliphatic carbocycles. The van der Waals surface area contributed by atoms with E-state index in [1.807, 2.05) is 41.5 Å². The second-order valence-corrected chi connectivity index (χ2v) is 7.51. The minimum Gasteiger partial charge on any atom is -0.550 e. The molecule has 0 saturated heterocycles. The molecule has 21 heavy (non-hydrogen) atoms. The first-order chi connectivity index (χ1) is 8.85. The number of hydrogen-bond acceptors (Lipinski definition) is 3. The maximum atomic E-state index is 11.1. The molecule has 0 amide bonds. The maximum absolute atomic E-state index is 11.1. The average molecular weight is 316 g/mol. The monoisotopic (exact) mass is 316 g/mol. The van der Waals surface area contributed by atoms with Crippen molar-refractivity contribution in [3.05, 3.63) is 28.8 Å². The van der Waals surface area contributed by atoms with Gasteiger partial charge in [0.05, 0.1) is 0 Å². The first-order valence-electron chi connectivity index (χ1n) is 6.94. The Hall–Kier alpha value is 0.126. The summed E-state index contributed by atoms with van der Waals surface area (Å²) >= 11 is 0. The summed E-state index contributed by atoms with van der Waals surface area (Å²) in [7, 11) is 0. The van der Waals surface area contributed by atoms with E-state index < -0.39 is 11.9 Å². The standard InChI is InChI=1S/C17H26O3.K/c1-10(15(19)20)11-8-12(16(2,3)4)14(18)13(9-11)17(5,6)7;/h8-10,18H,1-7H3,(H,19,20);/q;+1/p-1. The third kappa shape index (κ3) is 5.07. The number of hydrogen-bond donors (Lipinski definition) is 1. The van der Waals surface area contributed by atoms with Gasteiger partial charge < -0.3 is 15.0 Å². The number of aromatic hydroxyl groups is 1. The number of rotatable bonds is 2. The van der Waals surface area contributed by atoms with E-state index in [4.69, 9.17) is 0 Å². The van der Waals surface area contributed by atoms with Crippen molar-refractivity contribution in [2.24, 2.45) is 0 Å². The largest absolute Gasteiger partial charge is 1.00 e. The van der Waals surface area contributed by atoms with Gasteiger partial charge in [-0.2, -0.15) is 0 Å². The van der Waals surface area contributed by atoms with E-state index in [1.54, 1.807) is 19.1 Å². The van der Waals surface area contributed by atoms with Crippen LogP contribution in [0, 0.1) is 0 Å². The molecule has 0 heterocycles. The smallest absolute Gasteiger partial charge is 0.550 e. The average Bonchev–Trinajstić information content (AvgIpc) is 2.24. The summed E-state index contributed by atoms with van der Waals surface area (Å²) in [5, 5.41) is 21.7. The summed E-state index contributed by atoms with van der Waals surface area (Å²) in [4.78, 5) is 11.1. The molecule has 0 bridgehead atoms. The van der Waals surface area contributed by atoms with Crippen LogP contribution >= 0.6 is 0 Å². The molecule has 0 aliphatic heterocycles. The Kier molecular flexibility index (Phi) is 7.18. The quantitative estimate of drug-likeness (QED) is 0.772. The normalized spacial score (nSPS) is 13.5. The van der Waals surface area contributed by atoms with Gasteiger partial charge in [0.1, 0.15) is 5.75 Å². The number of phenolic OH excluding ortho intramolecular Hbond substituents is 1. The Balaban J connectivity index is 0.00000400. The van der Waals surface area contributed by atoms with Gasteiger partial charge in [-0.15, -0.1) is 0 Å². The van der Waals surface area contributed by atoms with Crippen molar-refractivity contribution in [1.29, 1.82) is 0 Å². The molecular weight excluding hydrogens is 291 g/mol. The molecule has 1 rings (SSSR count). The van der Waals surface area contributed by atoms with Gasteiger partial charge in [0.2, 0.25) is 0 Å². The first-order valence-corrected chi connectivity index (χ1v) is 6.94. The van der Waals surface area contributed by atoms with Crippen LogP contribution in [0.25, 0.3) is 0 Å². The molecule has 1 unspecified atom stereocenters. The first kappa shape index (κ1) is 21.1. The number of carbonyl (C=O) groups is 1. The van der Waals surface area contributed by atoms with Crippen LogP contribution in [0.15, 0.2) is 12.1 Å². The van der Waals surface area contributed by atoms with Crippen molar-refractivity contribution >= 4 is 5.97 Å². The molecule has 0 fully saturated rings. The molecule has 0 aliphatic rings. The molecule has 0 saturated carbocycles. The van der Waals surface area contributed by atoms with Gasteiger partial charge in [-0.05, 0) is 27.5 Å². The number of carboxylic acid groups (broad SMARTS) is 1. The molecule has 1 aromatic carbocycles. The number of benzene rings is 1. The van der Waals surface area contributed by atoms with Crippen LogP contribution in [0.1, 0.15) is 71.1 Å². The minimum atomic E-state index is -1.10. The zero-order chi connectivity index (χ0) is 15.9. The summed E-state index contributed by atoms with van der Waals surface area (Å²) in [6.07, 6.45) is 0. The summed E-state index contributed by atoms with van der Waals surface area (Å²) in [5.74, 6) is -1.53. The van der Waals surface area contributed by atoms with Gasteiger partial charge in [0.25, 0.3) is 0 Å². The summed E-state index contributed by atoms with van der Waals surface area (Å²) in [6.45, 7) is 13.6. The Morgan fingerprint density at radius 1 is 1.05 bits per heavy atom. The van der Waals surface area contributed by atoms with Crippen molar-refractivity contribution in [3.63, 3.8) is 0 Å². The fourth-order valence-corrected chi connectivity index (χ4v) is 2.19. The van der Waals surface area contributed by atoms with E-state index in [9.17, 15) is 15.0 Å². The second kappa shape index (κ2) is 7.13. The van der Waals surface area contributed by atoms with Crippen LogP contribution in [0.5, 0.6) is 5.75 Å². The van der Waals surface area contributed by atoms with E-state index in [1.165, 1.54) is 0 Å². The van der Waals surface area contributed by atoms with Gasteiger partial charge in [0, 0.05) is 11.9 Å². The van der Waals surface area contributed by atoms with Crippen molar-refractivity contribution in [1.82, 2.24) is 0 Å². The summed E-state index contributed by atoms with van der Waals surface area (Å²) in [6, 6.07) is 3.57. The van der Waals surface area contributed by atoms with Crippen molar-refractivity contribution in [2.45, 2.75) is 65.2 Å². The Morgan fingerprint density at radius 2 is 1.38 bits per heavy atom. The zero-order valence-corrected chi connectivity index (χ0v) is 17.6. The molecular formula is C17H25KO3. The van der Waals surface area contributed by atoms with Gasteiger partial charge >= 0.3 is 51.4 Å². The van der Waals surface area contributed by atoms with Crippen molar-refractivity contribution in [2.75, 3.05) is 0 Å². The fourth-order valence-electron chi connectivity index (χ4n) is 2.19. The van der Waals surface area contributed by atoms with Gasteiger partial charge in [0.15, 0.2) is 0 Å². The maximum Gasteiger partial charge on any atom is 1.00 e. The molecule has 4 heteroatoms. The predicted molar refractivity (Wildman–Crippen MR) is 78.9 cm³/mol. The van der Waals surface area contributed by atoms with E-state index in [-0.39, 0.29) is 68.0 Å². The number of carbonyl (C=O) groups excluding carboxylic acids is 1. The van der Waals surface area contributed by atoms with E-state index >= 15 is 0 Å². The van der Waals surface area contributed by atoms with Gasteiger partial charge in [-0.1, -0.05) is 60.6 Å². The topological polar surface area (TPSA) is 60.4 Å². The Bertz CT molecular complexity index is 487. The number of phenols is 1. The number of carboxylic acids is 1. The fraction of sp³-hybridized carbons (Fsp3) is 0.588. The SMILES string of the molecule is CC(C(=O)[O-])c1cc(C(C)(C)C)c(O)c(C(C)(C)C)c1.[K+]. The van der Waals surface area contributed by atoms with Crippen molar-refractivity contribution in [3.8, 4) is 5.75 Å². The molecule has 112 valence electrons. The Labute approximate surface area is 170 Å². The zero-order valence-electron chi connectivity index (χ0n) is 14.5. The molecule has 0 spiro atoms. The van der Waals surface area contributed by atoms with E-state index in [2.05, 4.69) is 0 Å². The third-order valence-electron chi connectivity index (χ3n) is 3.60. The molecule has 1 N–H and O–H groups in total. The molecule has 3 nitrogen and oxygen atoms in total. The van der Waals surface area contributed by atoms with Gasteiger partial charge in [-0.3, -0.25) is 0 Å². The summed E-state index contributed by atoms with van der Waals surface area (Å²) in [5.41, 5.74) is 1.70. The molecule has 0 radical (unpaired) electrons. The van der Waals surface area contributed by atoms with Gasteiger partial charge in [-0.25, -0.2) is 0 Å². The van der Waals surface area contributed by atoms with Crippen LogP contribution in [0.4, 0.5) is 0 Å². The van der Waals surface area contributed by atoms with Crippen LogP contribution in [0.3, 0.4) is 0 Å². The van der Waals surface area contributed by atoms with Crippen LogP contribution in [-0.2, 0) is 15.6 Å². The Morgan fingerprint density at radius 3 is 1.62 bits per heavy atom. The third-order valence-corrected chi connectivity index (χ3v) is 3.60. The van der Waals surface area contributed by atoms with Crippen LogP contribution < -0.4 is 56.5 Å². The minimum absolute atomic E-state index is 0. The predicted octanol–water partition coefficient (Wildman–Crippen LogP) is -0.155. The van der Waals surface area contributed by atoms with E-state index in [0.717, 1.165) is 11.1 Å². The summed E-state index contributed by atoms with van der Waals surface area (Å²) < 4.78 is 0. The second-order valence-electron chi connectivity index (χ2n) is 7.51. The number of aliphatic carboxylic acids is 1. The van der Waals surface area contributed by atoms with Crippen LogP contribution in [0.2, 0.25) is 0 Å².